The number of halogens is 1. The lowest BCUT2D eigenvalue weighted by Crippen LogP contribution is -2.27. The summed E-state index contributed by atoms with van der Waals surface area (Å²) in [6.07, 6.45) is 3.37. The number of hydrogen-bond acceptors (Lipinski definition) is 3. The molecule has 0 aliphatic carbocycles. The number of likely N-dealkylation sites (N-methyl/N-ethyl adjacent to an activating group) is 1. The third-order valence-corrected chi connectivity index (χ3v) is 5.34. The minimum Gasteiger partial charge on any atom is -0.333 e. The Bertz CT molecular complexity index is 853. The second kappa shape index (κ2) is 7.16. The first-order valence-corrected chi connectivity index (χ1v) is 8.80. The van der Waals surface area contributed by atoms with E-state index in [0.717, 1.165) is 20.8 Å². The lowest BCUT2D eigenvalue weighted by atomic mass is 10.2. The molecule has 1 amide bonds. The fraction of sp³-hybridized carbons (Fsp3) is 0.158. The number of benzene rings is 2. The van der Waals surface area contributed by atoms with Gasteiger partial charge in [0.05, 0.1) is 16.3 Å². The van der Waals surface area contributed by atoms with Crippen LogP contribution in [0.4, 0.5) is 0 Å². The number of amides is 1. The smallest absolute Gasteiger partial charge is 0.246 e. The number of rotatable bonds is 4. The number of para-hydroxylation sites is 1. The van der Waals surface area contributed by atoms with Crippen molar-refractivity contribution >= 4 is 45.1 Å². The van der Waals surface area contributed by atoms with Gasteiger partial charge in [-0.05, 0) is 42.8 Å². The summed E-state index contributed by atoms with van der Waals surface area (Å²) in [5.74, 6) is -0.0586. The van der Waals surface area contributed by atoms with Gasteiger partial charge in [-0.25, -0.2) is 4.98 Å². The molecular formula is C19H17ClN2OS. The summed E-state index contributed by atoms with van der Waals surface area (Å²) in [7, 11) is 1.80. The van der Waals surface area contributed by atoms with Gasteiger partial charge in [0, 0.05) is 18.1 Å². The first kappa shape index (κ1) is 16.7. The van der Waals surface area contributed by atoms with Crippen LogP contribution in [0.25, 0.3) is 16.3 Å². The van der Waals surface area contributed by atoms with E-state index in [0.29, 0.717) is 5.02 Å². The van der Waals surface area contributed by atoms with Crippen LogP contribution in [0, 0.1) is 0 Å². The van der Waals surface area contributed by atoms with Crippen LogP contribution >= 0.6 is 22.9 Å². The van der Waals surface area contributed by atoms with Gasteiger partial charge in [-0.2, -0.15) is 0 Å². The van der Waals surface area contributed by atoms with Crippen molar-refractivity contribution in [1.82, 2.24) is 9.88 Å². The van der Waals surface area contributed by atoms with Crippen molar-refractivity contribution in [3.05, 3.63) is 70.2 Å². The van der Waals surface area contributed by atoms with Crippen molar-refractivity contribution in [2.45, 2.75) is 13.0 Å². The van der Waals surface area contributed by atoms with Gasteiger partial charge in [-0.15, -0.1) is 11.3 Å². The quantitative estimate of drug-likeness (QED) is 0.603. The van der Waals surface area contributed by atoms with Gasteiger partial charge in [0.1, 0.15) is 5.01 Å². The van der Waals surface area contributed by atoms with Gasteiger partial charge >= 0.3 is 0 Å². The molecule has 0 aliphatic rings. The van der Waals surface area contributed by atoms with E-state index in [1.807, 2.05) is 43.3 Å². The Balaban J connectivity index is 1.73. The van der Waals surface area contributed by atoms with Crippen molar-refractivity contribution in [2.75, 3.05) is 7.05 Å². The minimum atomic E-state index is -0.0789. The Morgan fingerprint density at radius 1 is 1.21 bits per heavy atom. The molecule has 0 radical (unpaired) electrons. The van der Waals surface area contributed by atoms with Gasteiger partial charge < -0.3 is 4.90 Å². The number of carbonyl (C=O) groups is 1. The average Bonchev–Trinajstić information content (AvgIpc) is 3.03. The zero-order valence-electron chi connectivity index (χ0n) is 13.4. The van der Waals surface area contributed by atoms with E-state index in [4.69, 9.17) is 11.6 Å². The molecule has 0 aliphatic heterocycles. The summed E-state index contributed by atoms with van der Waals surface area (Å²) in [4.78, 5) is 18.7. The van der Waals surface area contributed by atoms with E-state index in [2.05, 4.69) is 4.98 Å². The maximum Gasteiger partial charge on any atom is 0.246 e. The molecule has 0 bridgehead atoms. The third-order valence-electron chi connectivity index (χ3n) is 3.88. The number of fused-ring (bicyclic) bond motifs is 1. The molecule has 1 unspecified atom stereocenters. The fourth-order valence-electron chi connectivity index (χ4n) is 2.28. The van der Waals surface area contributed by atoms with Gasteiger partial charge in [0.25, 0.3) is 0 Å². The van der Waals surface area contributed by atoms with Gasteiger partial charge in [0.15, 0.2) is 0 Å². The van der Waals surface area contributed by atoms with Crippen LogP contribution in [0.5, 0.6) is 0 Å². The van der Waals surface area contributed by atoms with Crippen LogP contribution in [-0.4, -0.2) is 22.8 Å². The maximum absolute atomic E-state index is 12.4. The normalized spacial score (nSPS) is 12.6. The summed E-state index contributed by atoms with van der Waals surface area (Å²) in [5.41, 5.74) is 1.91. The van der Waals surface area contributed by atoms with Gasteiger partial charge in [0.2, 0.25) is 5.91 Å². The Morgan fingerprint density at radius 2 is 1.92 bits per heavy atom. The molecule has 0 saturated carbocycles. The highest BCUT2D eigenvalue weighted by atomic mass is 35.5. The van der Waals surface area contributed by atoms with Gasteiger partial charge in [-0.1, -0.05) is 35.9 Å². The largest absolute Gasteiger partial charge is 0.333 e. The van der Waals surface area contributed by atoms with Crippen LogP contribution < -0.4 is 0 Å². The molecule has 0 fully saturated rings. The minimum absolute atomic E-state index is 0.0586. The Morgan fingerprint density at radius 3 is 2.62 bits per heavy atom. The Labute approximate surface area is 150 Å². The van der Waals surface area contributed by atoms with E-state index in [9.17, 15) is 4.79 Å². The Kier molecular flexibility index (Phi) is 4.97. The van der Waals surface area contributed by atoms with E-state index in [1.165, 1.54) is 0 Å². The fourth-order valence-corrected chi connectivity index (χ4v) is 3.47. The molecule has 3 aromatic rings. The molecule has 0 saturated heterocycles. The number of nitrogens with zero attached hydrogens (tertiary/aromatic N) is 2. The molecule has 1 heterocycles. The predicted molar refractivity (Wildman–Crippen MR) is 101 cm³/mol. The second-order valence-electron chi connectivity index (χ2n) is 5.53. The molecular weight excluding hydrogens is 340 g/mol. The van der Waals surface area contributed by atoms with E-state index in [-0.39, 0.29) is 11.9 Å². The topological polar surface area (TPSA) is 33.2 Å². The van der Waals surface area contributed by atoms with Crippen molar-refractivity contribution in [2.24, 2.45) is 0 Å². The number of thiazole rings is 1. The summed E-state index contributed by atoms with van der Waals surface area (Å²) in [6, 6.07) is 15.3. The average molecular weight is 357 g/mol. The molecule has 1 aromatic heterocycles. The van der Waals surface area contributed by atoms with Crippen LogP contribution in [0.1, 0.15) is 23.5 Å². The monoisotopic (exact) mass is 356 g/mol. The van der Waals surface area contributed by atoms with E-state index >= 15 is 0 Å². The summed E-state index contributed by atoms with van der Waals surface area (Å²) >= 11 is 7.49. The molecule has 0 N–H and O–H groups in total. The maximum atomic E-state index is 12.4. The molecule has 24 heavy (non-hydrogen) atoms. The van der Waals surface area contributed by atoms with Crippen LogP contribution in [0.2, 0.25) is 5.02 Å². The zero-order chi connectivity index (χ0) is 17.1. The molecule has 122 valence electrons. The molecule has 1 atom stereocenters. The third kappa shape index (κ3) is 3.66. The second-order valence-corrected chi connectivity index (χ2v) is 7.03. The first-order valence-electron chi connectivity index (χ1n) is 7.60. The number of aromatic nitrogens is 1. The van der Waals surface area contributed by atoms with Crippen molar-refractivity contribution < 1.29 is 4.79 Å². The first-order chi connectivity index (χ1) is 11.5. The molecule has 3 rings (SSSR count). The molecule has 3 nitrogen and oxygen atoms in total. The highest BCUT2D eigenvalue weighted by Crippen LogP contribution is 2.28. The Hall–Kier alpha value is -2.17. The highest BCUT2D eigenvalue weighted by molar-refractivity contribution is 7.18. The number of hydrogen-bond donors (Lipinski definition) is 0. The summed E-state index contributed by atoms with van der Waals surface area (Å²) in [5, 5.41) is 1.62. The van der Waals surface area contributed by atoms with E-state index < -0.39 is 0 Å². The predicted octanol–water partition coefficient (Wildman–Crippen LogP) is 5.18. The van der Waals surface area contributed by atoms with Crippen LogP contribution in [0.3, 0.4) is 0 Å². The van der Waals surface area contributed by atoms with Crippen molar-refractivity contribution in [3.8, 4) is 0 Å². The standard InChI is InChI=1S/C19H17ClN2OS/c1-13(19-21-16-5-3-4-6-17(16)24-19)22(2)18(23)12-9-14-7-10-15(20)11-8-14/h3-13H,1-2H3. The van der Waals surface area contributed by atoms with Crippen molar-refractivity contribution in [1.29, 1.82) is 0 Å². The van der Waals surface area contributed by atoms with Crippen LogP contribution in [0.15, 0.2) is 54.6 Å². The SMILES string of the molecule is CC(c1nc2ccccc2s1)N(C)C(=O)C=Cc1ccc(Cl)cc1. The molecule has 5 heteroatoms. The molecule has 2 aromatic carbocycles. The summed E-state index contributed by atoms with van der Waals surface area (Å²) in [6.45, 7) is 1.99. The highest BCUT2D eigenvalue weighted by Gasteiger charge is 2.19. The lowest BCUT2D eigenvalue weighted by molar-refractivity contribution is -0.126. The van der Waals surface area contributed by atoms with Crippen LogP contribution in [-0.2, 0) is 4.79 Å². The lowest BCUT2D eigenvalue weighted by Gasteiger charge is -2.21. The van der Waals surface area contributed by atoms with Gasteiger partial charge in [-0.3, -0.25) is 4.79 Å². The molecule has 0 spiro atoms. The zero-order valence-corrected chi connectivity index (χ0v) is 15.0. The van der Waals surface area contributed by atoms with E-state index in [1.54, 1.807) is 47.6 Å². The number of carbonyl (C=O) groups excluding carboxylic acids is 1. The summed E-state index contributed by atoms with van der Waals surface area (Å²) < 4.78 is 1.14. The van der Waals surface area contributed by atoms with Crippen molar-refractivity contribution in [3.63, 3.8) is 0 Å².